The van der Waals surface area contributed by atoms with Crippen LogP contribution in [-0.2, 0) is 23.0 Å². The second-order valence-corrected chi connectivity index (χ2v) is 7.44. The van der Waals surface area contributed by atoms with Gasteiger partial charge in [0.1, 0.15) is 17.8 Å². The average Bonchev–Trinajstić information content (AvgIpc) is 3.18. The van der Waals surface area contributed by atoms with E-state index in [1.54, 1.807) is 12.5 Å². The Hall–Kier alpha value is -2.74. The number of aryl methyl sites for hydroxylation is 1. The molecule has 1 atom stereocenters. The molecule has 4 heterocycles. The number of fused-ring (bicyclic) bond motifs is 4. The fraction of sp³-hybridized carbons (Fsp3) is 0.188. The topological polar surface area (TPSA) is 99.4 Å². The Morgan fingerprint density at radius 3 is 3.17 bits per heavy atom. The van der Waals surface area contributed by atoms with Crippen LogP contribution >= 0.6 is 0 Å². The van der Waals surface area contributed by atoms with Crippen molar-refractivity contribution in [1.82, 2.24) is 25.1 Å². The lowest BCUT2D eigenvalue weighted by atomic mass is 10.1. The second kappa shape index (κ2) is 5.13. The largest absolute Gasteiger partial charge is 0.343 e. The molecule has 0 amide bonds. The van der Waals surface area contributed by atoms with Gasteiger partial charge in [-0.1, -0.05) is 0 Å². The lowest BCUT2D eigenvalue weighted by Crippen LogP contribution is -2.12. The number of anilines is 2. The molecule has 0 radical (unpaired) electrons. The first-order valence-corrected chi connectivity index (χ1v) is 9.16. The van der Waals surface area contributed by atoms with Crippen molar-refractivity contribution in [2.45, 2.75) is 12.2 Å². The Morgan fingerprint density at radius 1 is 1.25 bits per heavy atom. The zero-order chi connectivity index (χ0) is 16.1. The third-order valence-electron chi connectivity index (χ3n) is 4.37. The molecule has 7 nitrogen and oxygen atoms in total. The van der Waals surface area contributed by atoms with Crippen molar-refractivity contribution in [2.24, 2.45) is 0 Å². The summed E-state index contributed by atoms with van der Waals surface area (Å²) in [5.41, 5.74) is 4.90. The summed E-state index contributed by atoms with van der Waals surface area (Å²) in [6.45, 7) is 0. The highest BCUT2D eigenvalue weighted by molar-refractivity contribution is 7.84. The van der Waals surface area contributed by atoms with E-state index in [4.69, 9.17) is 0 Å². The van der Waals surface area contributed by atoms with Gasteiger partial charge in [-0.05, 0) is 30.2 Å². The minimum atomic E-state index is -0.820. The van der Waals surface area contributed by atoms with Crippen LogP contribution in [0.4, 0.5) is 11.5 Å². The van der Waals surface area contributed by atoms with Crippen LogP contribution in [0.5, 0.6) is 0 Å². The average molecular weight is 338 g/mol. The molecule has 4 aromatic rings. The van der Waals surface area contributed by atoms with Gasteiger partial charge in [-0.2, -0.15) is 5.10 Å². The van der Waals surface area contributed by atoms with Gasteiger partial charge in [-0.15, -0.1) is 0 Å². The van der Waals surface area contributed by atoms with Gasteiger partial charge in [0.05, 0.1) is 22.9 Å². The van der Waals surface area contributed by atoms with Crippen LogP contribution in [0.3, 0.4) is 0 Å². The van der Waals surface area contributed by atoms with Crippen LogP contribution in [-0.4, -0.2) is 35.1 Å². The second-order valence-electron chi connectivity index (χ2n) is 5.86. The van der Waals surface area contributed by atoms with Crippen molar-refractivity contribution in [3.8, 4) is 0 Å². The third kappa shape index (κ3) is 2.10. The van der Waals surface area contributed by atoms with Gasteiger partial charge >= 0.3 is 0 Å². The maximum atomic E-state index is 12.0. The Labute approximate surface area is 139 Å². The summed E-state index contributed by atoms with van der Waals surface area (Å²) in [7, 11) is -0.820. The SMILES string of the molecule is O=S1CCc2[nH]c3ncnc(Nc4ccc5[nH]ncc5c4)c3c2C1. The molecule has 0 aliphatic carbocycles. The van der Waals surface area contributed by atoms with Crippen molar-refractivity contribution < 1.29 is 4.21 Å². The lowest BCUT2D eigenvalue weighted by Gasteiger charge is -2.12. The highest BCUT2D eigenvalue weighted by Crippen LogP contribution is 2.32. The normalized spacial score (nSPS) is 17.2. The molecule has 3 aromatic heterocycles. The smallest absolute Gasteiger partial charge is 0.143 e. The van der Waals surface area contributed by atoms with Crippen molar-refractivity contribution in [3.05, 3.63) is 42.0 Å². The Morgan fingerprint density at radius 2 is 2.21 bits per heavy atom. The van der Waals surface area contributed by atoms with E-state index in [1.807, 2.05) is 18.2 Å². The standard InChI is InChI=1S/C16H14N6OS/c23-24-4-3-13-11(7-24)14-15(17-8-18-16(14)21-13)20-10-1-2-12-9(5-10)6-19-22-12/h1-2,5-6,8H,3-4,7H2,(H,19,22)(H2,17,18,20,21). The van der Waals surface area contributed by atoms with Crippen LogP contribution in [0.15, 0.2) is 30.7 Å². The number of nitrogens with one attached hydrogen (secondary N) is 3. The van der Waals surface area contributed by atoms with Crippen molar-refractivity contribution in [3.63, 3.8) is 0 Å². The van der Waals surface area contributed by atoms with Crippen LogP contribution < -0.4 is 5.32 Å². The number of nitrogens with zero attached hydrogens (tertiary/aromatic N) is 3. The Bertz CT molecular complexity index is 1100. The monoisotopic (exact) mass is 338 g/mol. The summed E-state index contributed by atoms with van der Waals surface area (Å²) in [5, 5.41) is 12.3. The van der Waals surface area contributed by atoms with Crippen LogP contribution in [0, 0.1) is 0 Å². The molecule has 1 aliphatic rings. The van der Waals surface area contributed by atoms with E-state index in [1.165, 1.54) is 0 Å². The van der Waals surface area contributed by atoms with E-state index in [9.17, 15) is 4.21 Å². The van der Waals surface area contributed by atoms with E-state index in [0.717, 1.165) is 51.1 Å². The molecule has 120 valence electrons. The number of aromatic amines is 2. The molecule has 8 heteroatoms. The molecular formula is C16H14N6OS. The molecule has 1 unspecified atom stereocenters. The number of H-pyrrole nitrogens is 2. The third-order valence-corrected chi connectivity index (χ3v) is 5.64. The van der Waals surface area contributed by atoms with Crippen molar-refractivity contribution in [1.29, 1.82) is 0 Å². The molecule has 24 heavy (non-hydrogen) atoms. The zero-order valence-corrected chi connectivity index (χ0v) is 13.5. The number of aromatic nitrogens is 5. The van der Waals surface area contributed by atoms with Gasteiger partial charge in [0, 0.05) is 33.3 Å². The predicted octanol–water partition coefficient (Wildman–Crippen LogP) is 2.38. The molecule has 1 aliphatic heterocycles. The highest BCUT2D eigenvalue weighted by atomic mass is 32.2. The van der Waals surface area contributed by atoms with Crippen LogP contribution in [0.1, 0.15) is 11.3 Å². The zero-order valence-electron chi connectivity index (χ0n) is 12.7. The van der Waals surface area contributed by atoms with E-state index in [0.29, 0.717) is 11.5 Å². The van der Waals surface area contributed by atoms with Gasteiger partial charge in [-0.3, -0.25) is 9.31 Å². The molecule has 0 bridgehead atoms. The summed E-state index contributed by atoms with van der Waals surface area (Å²) in [5.74, 6) is 1.99. The van der Waals surface area contributed by atoms with Gasteiger partial charge in [0.2, 0.25) is 0 Å². The van der Waals surface area contributed by atoms with E-state index in [-0.39, 0.29) is 0 Å². The molecule has 0 spiro atoms. The van der Waals surface area contributed by atoms with E-state index >= 15 is 0 Å². The minimum absolute atomic E-state index is 0.554. The summed E-state index contributed by atoms with van der Waals surface area (Å²) < 4.78 is 12.0. The molecule has 5 rings (SSSR count). The Balaban J connectivity index is 1.63. The first-order valence-electron chi connectivity index (χ1n) is 7.67. The first-order chi connectivity index (χ1) is 11.8. The first kappa shape index (κ1) is 13.7. The van der Waals surface area contributed by atoms with Gasteiger partial charge in [-0.25, -0.2) is 9.97 Å². The molecule has 0 fully saturated rings. The number of hydrogen-bond donors (Lipinski definition) is 3. The molecule has 0 saturated carbocycles. The predicted molar refractivity (Wildman–Crippen MR) is 93.7 cm³/mol. The van der Waals surface area contributed by atoms with Crippen LogP contribution in [0.25, 0.3) is 21.9 Å². The van der Waals surface area contributed by atoms with Crippen molar-refractivity contribution >= 4 is 44.2 Å². The maximum Gasteiger partial charge on any atom is 0.143 e. The summed E-state index contributed by atoms with van der Waals surface area (Å²) >= 11 is 0. The maximum absolute atomic E-state index is 12.0. The fourth-order valence-electron chi connectivity index (χ4n) is 3.21. The van der Waals surface area contributed by atoms with Gasteiger partial charge < -0.3 is 10.3 Å². The highest BCUT2D eigenvalue weighted by Gasteiger charge is 2.22. The summed E-state index contributed by atoms with van der Waals surface area (Å²) in [6.07, 6.45) is 4.12. The van der Waals surface area contributed by atoms with Crippen LogP contribution in [0.2, 0.25) is 0 Å². The number of benzene rings is 1. The fourth-order valence-corrected chi connectivity index (χ4v) is 4.43. The minimum Gasteiger partial charge on any atom is -0.343 e. The van der Waals surface area contributed by atoms with Gasteiger partial charge in [0.15, 0.2) is 0 Å². The van der Waals surface area contributed by atoms with E-state index in [2.05, 4.69) is 30.5 Å². The summed E-state index contributed by atoms with van der Waals surface area (Å²) in [6, 6.07) is 5.97. The molecule has 1 aromatic carbocycles. The number of hydrogen-bond acceptors (Lipinski definition) is 5. The lowest BCUT2D eigenvalue weighted by molar-refractivity contribution is 0.679. The summed E-state index contributed by atoms with van der Waals surface area (Å²) in [4.78, 5) is 12.1. The number of rotatable bonds is 2. The molecular weight excluding hydrogens is 324 g/mol. The van der Waals surface area contributed by atoms with Gasteiger partial charge in [0.25, 0.3) is 0 Å². The quantitative estimate of drug-likeness (QED) is 0.521. The van der Waals surface area contributed by atoms with Crippen molar-refractivity contribution in [2.75, 3.05) is 11.1 Å². The molecule has 3 N–H and O–H groups in total. The Kier molecular flexibility index (Phi) is 2.93. The molecule has 0 saturated heterocycles. The van der Waals surface area contributed by atoms with E-state index < -0.39 is 10.8 Å².